The molecule has 0 spiro atoms. The summed E-state index contributed by atoms with van der Waals surface area (Å²) in [5.74, 6) is -1.70. The number of amidine groups is 1. The van der Waals surface area contributed by atoms with Crippen molar-refractivity contribution in [1.82, 2.24) is 10.6 Å². The lowest BCUT2D eigenvalue weighted by Crippen LogP contribution is -2.44. The van der Waals surface area contributed by atoms with E-state index in [1.807, 2.05) is 0 Å². The van der Waals surface area contributed by atoms with E-state index in [0.717, 1.165) is 31.5 Å². The summed E-state index contributed by atoms with van der Waals surface area (Å²) in [7, 11) is 1.55. The lowest BCUT2D eigenvalue weighted by molar-refractivity contribution is -0.165. The number of benzene rings is 2. The van der Waals surface area contributed by atoms with Crippen molar-refractivity contribution in [2.24, 2.45) is 5.73 Å². The predicted octanol–water partition coefficient (Wildman–Crippen LogP) is 1.16. The summed E-state index contributed by atoms with van der Waals surface area (Å²) >= 11 is 0. The van der Waals surface area contributed by atoms with E-state index in [-0.39, 0.29) is 30.5 Å². The molecule has 1 aliphatic heterocycles. The summed E-state index contributed by atoms with van der Waals surface area (Å²) in [6.45, 7) is 1.27. The third kappa shape index (κ3) is 7.90. The average molecular weight is 483 g/mol. The summed E-state index contributed by atoms with van der Waals surface area (Å²) in [6, 6.07) is 11.9. The molecule has 3 rings (SSSR count). The minimum Gasteiger partial charge on any atom is -0.497 e. The number of piperidine rings is 1. The molecule has 0 saturated carbocycles. The summed E-state index contributed by atoms with van der Waals surface area (Å²) < 4.78 is 15.7. The van der Waals surface area contributed by atoms with Crippen LogP contribution < -0.4 is 21.1 Å². The van der Waals surface area contributed by atoms with Gasteiger partial charge in [-0.3, -0.25) is 10.2 Å². The number of ether oxygens (including phenoxy) is 3. The molecule has 2 aromatic rings. The number of amides is 1. The van der Waals surface area contributed by atoms with Crippen LogP contribution in [0.3, 0.4) is 0 Å². The number of methoxy groups -OCH3 is 1. The molecule has 35 heavy (non-hydrogen) atoms. The summed E-state index contributed by atoms with van der Waals surface area (Å²) in [5.41, 5.74) is 6.92. The van der Waals surface area contributed by atoms with E-state index in [0.29, 0.717) is 11.3 Å². The molecule has 0 aliphatic carbocycles. The van der Waals surface area contributed by atoms with Gasteiger partial charge >= 0.3 is 11.9 Å². The summed E-state index contributed by atoms with van der Waals surface area (Å²) in [5, 5.41) is 13.3. The topological polar surface area (TPSA) is 153 Å². The molecule has 186 valence electrons. The van der Waals surface area contributed by atoms with Crippen LogP contribution in [0.4, 0.5) is 0 Å². The molecule has 1 heterocycles. The highest BCUT2D eigenvalue weighted by molar-refractivity contribution is 6.00. The van der Waals surface area contributed by atoms with E-state index in [4.69, 9.17) is 25.4 Å². The maximum atomic E-state index is 12.8. The fourth-order valence-corrected chi connectivity index (χ4v) is 3.59. The van der Waals surface area contributed by atoms with Gasteiger partial charge in [-0.15, -0.1) is 0 Å². The van der Waals surface area contributed by atoms with Gasteiger partial charge in [-0.2, -0.15) is 0 Å². The Hall–Kier alpha value is -3.76. The molecular weight excluding hydrogens is 452 g/mol. The number of carbonyl (C=O) groups excluding carboxylic acids is 3. The van der Waals surface area contributed by atoms with Crippen LogP contribution in [0.25, 0.3) is 0 Å². The number of esters is 2. The Morgan fingerprint density at radius 2 is 1.69 bits per heavy atom. The number of hydrogen-bond acceptors (Lipinski definition) is 8. The van der Waals surface area contributed by atoms with Crippen molar-refractivity contribution in [2.45, 2.75) is 31.4 Å². The molecular formula is C25H30N4O6. The number of carbonyl (C=O) groups is 3. The quantitative estimate of drug-likeness (QED) is 0.170. The molecule has 1 saturated heterocycles. The molecule has 0 radical (unpaired) electrons. The highest BCUT2D eigenvalue weighted by atomic mass is 16.6. The first-order valence-electron chi connectivity index (χ1n) is 11.3. The minimum atomic E-state index is -1.12. The number of nitrogens with two attached hydrogens (primary N) is 1. The Morgan fingerprint density at radius 3 is 2.29 bits per heavy atom. The van der Waals surface area contributed by atoms with Crippen molar-refractivity contribution in [1.29, 1.82) is 5.41 Å². The lowest BCUT2D eigenvalue weighted by atomic mass is 10.0. The van der Waals surface area contributed by atoms with Crippen LogP contribution in [-0.2, 0) is 25.5 Å². The van der Waals surface area contributed by atoms with Gasteiger partial charge in [0.2, 0.25) is 0 Å². The van der Waals surface area contributed by atoms with E-state index in [1.54, 1.807) is 31.4 Å². The largest absolute Gasteiger partial charge is 0.497 e. The molecule has 1 aliphatic rings. The van der Waals surface area contributed by atoms with Crippen LogP contribution in [0.15, 0.2) is 48.5 Å². The van der Waals surface area contributed by atoms with Crippen LogP contribution in [0.1, 0.15) is 34.3 Å². The van der Waals surface area contributed by atoms with Gasteiger partial charge in [0, 0.05) is 17.5 Å². The SMILES string of the molecule is COc1ccc(CC(NC(=O)c2ccc(C(=N)N)cc2)C(=O)OC(=O)COC2CCNCC2)cc1. The van der Waals surface area contributed by atoms with Crippen LogP contribution in [0.2, 0.25) is 0 Å². The van der Waals surface area contributed by atoms with E-state index >= 15 is 0 Å². The second-order valence-corrected chi connectivity index (χ2v) is 8.12. The van der Waals surface area contributed by atoms with Crippen LogP contribution in [0.5, 0.6) is 5.75 Å². The Labute approximate surface area is 203 Å². The third-order valence-electron chi connectivity index (χ3n) is 5.58. The molecule has 1 fully saturated rings. The van der Waals surface area contributed by atoms with Crippen molar-refractivity contribution >= 4 is 23.7 Å². The fourth-order valence-electron chi connectivity index (χ4n) is 3.59. The first-order chi connectivity index (χ1) is 16.9. The highest BCUT2D eigenvalue weighted by Gasteiger charge is 2.26. The van der Waals surface area contributed by atoms with Crippen LogP contribution in [0, 0.1) is 5.41 Å². The smallest absolute Gasteiger partial charge is 0.339 e. The van der Waals surface area contributed by atoms with Crippen molar-refractivity contribution in [2.75, 3.05) is 26.8 Å². The van der Waals surface area contributed by atoms with Crippen molar-refractivity contribution < 1.29 is 28.6 Å². The molecule has 2 aromatic carbocycles. The van der Waals surface area contributed by atoms with Crippen molar-refractivity contribution in [3.05, 3.63) is 65.2 Å². The van der Waals surface area contributed by atoms with E-state index in [2.05, 4.69) is 10.6 Å². The second-order valence-electron chi connectivity index (χ2n) is 8.12. The molecule has 0 bridgehead atoms. The number of nitrogen functional groups attached to an aromatic ring is 1. The molecule has 1 atom stereocenters. The predicted molar refractivity (Wildman–Crippen MR) is 128 cm³/mol. The monoisotopic (exact) mass is 482 g/mol. The Balaban J connectivity index is 1.66. The molecule has 1 unspecified atom stereocenters. The molecule has 10 nitrogen and oxygen atoms in total. The summed E-state index contributed by atoms with van der Waals surface area (Å²) in [4.78, 5) is 37.9. The van der Waals surface area contributed by atoms with Crippen LogP contribution in [-0.4, -0.2) is 62.6 Å². The normalized spacial score (nSPS) is 14.5. The van der Waals surface area contributed by atoms with E-state index in [1.165, 1.54) is 24.3 Å². The highest BCUT2D eigenvalue weighted by Crippen LogP contribution is 2.14. The number of nitrogens with one attached hydrogen (secondary N) is 3. The lowest BCUT2D eigenvalue weighted by Gasteiger charge is -2.22. The van der Waals surface area contributed by atoms with Gasteiger partial charge in [0.05, 0.1) is 13.2 Å². The zero-order chi connectivity index (χ0) is 25.2. The van der Waals surface area contributed by atoms with Gasteiger partial charge in [-0.25, -0.2) is 9.59 Å². The Bertz CT molecular complexity index is 1030. The fraction of sp³-hybridized carbons (Fsp3) is 0.360. The van der Waals surface area contributed by atoms with E-state index < -0.39 is 23.9 Å². The first kappa shape index (κ1) is 25.9. The van der Waals surface area contributed by atoms with Gasteiger partial charge < -0.3 is 30.6 Å². The zero-order valence-corrected chi connectivity index (χ0v) is 19.5. The van der Waals surface area contributed by atoms with E-state index in [9.17, 15) is 14.4 Å². The van der Waals surface area contributed by atoms with Crippen LogP contribution >= 0.6 is 0 Å². The van der Waals surface area contributed by atoms with Gasteiger partial charge in [0.1, 0.15) is 24.2 Å². The molecule has 10 heteroatoms. The minimum absolute atomic E-state index is 0.0633. The zero-order valence-electron chi connectivity index (χ0n) is 19.5. The van der Waals surface area contributed by atoms with Gasteiger partial charge in [-0.05, 0) is 55.8 Å². The molecule has 1 amide bonds. The Kier molecular flexibility index (Phi) is 9.33. The number of hydrogen-bond donors (Lipinski definition) is 4. The second kappa shape index (κ2) is 12.6. The maximum absolute atomic E-state index is 12.8. The summed E-state index contributed by atoms with van der Waals surface area (Å²) in [6.07, 6.45) is 1.59. The average Bonchev–Trinajstić information content (AvgIpc) is 2.88. The van der Waals surface area contributed by atoms with Gasteiger partial charge in [0.25, 0.3) is 5.91 Å². The van der Waals surface area contributed by atoms with Gasteiger partial charge in [-0.1, -0.05) is 24.3 Å². The maximum Gasteiger partial charge on any atom is 0.339 e. The molecule has 0 aromatic heterocycles. The number of rotatable bonds is 10. The standard InChI is InChI=1S/C25H30N4O6/c1-33-19-8-2-16(3-9-19)14-21(29-24(31)18-6-4-17(5-7-18)23(26)27)25(32)35-22(30)15-34-20-10-12-28-13-11-20/h2-9,20-21,28H,10-15H2,1H3,(H3,26,27)(H,29,31). The Morgan fingerprint density at radius 1 is 1.06 bits per heavy atom. The molecule has 5 N–H and O–H groups in total. The van der Waals surface area contributed by atoms with Crippen molar-refractivity contribution in [3.8, 4) is 5.75 Å². The van der Waals surface area contributed by atoms with Gasteiger partial charge in [0.15, 0.2) is 0 Å². The first-order valence-corrected chi connectivity index (χ1v) is 11.3. The van der Waals surface area contributed by atoms with Crippen molar-refractivity contribution in [3.63, 3.8) is 0 Å². The third-order valence-corrected chi connectivity index (χ3v) is 5.58.